The minimum atomic E-state index is -3.16. The molecule has 0 bridgehead atoms. The van der Waals surface area contributed by atoms with Crippen LogP contribution in [-0.4, -0.2) is 59.0 Å². The van der Waals surface area contributed by atoms with Gasteiger partial charge in [0.1, 0.15) is 0 Å². The van der Waals surface area contributed by atoms with E-state index in [1.54, 1.807) is 24.2 Å². The highest BCUT2D eigenvalue weighted by molar-refractivity contribution is 14.1. The quantitative estimate of drug-likeness (QED) is 0.360. The molecular weight excluding hydrogens is 427 g/mol. The molecule has 2 atom stereocenters. The third-order valence-corrected chi connectivity index (χ3v) is 5.75. The first-order valence-corrected chi connectivity index (χ1v) is 10.8. The lowest BCUT2D eigenvalue weighted by Crippen LogP contribution is -2.32. The zero-order valence-electron chi connectivity index (χ0n) is 14.7. The van der Waals surface area contributed by atoms with Crippen molar-refractivity contribution in [3.8, 4) is 0 Å². The van der Waals surface area contributed by atoms with Gasteiger partial charge in [-0.15, -0.1) is 0 Å². The highest BCUT2D eigenvalue weighted by atomic mass is 127. The lowest BCUT2D eigenvalue weighted by Gasteiger charge is -2.20. The van der Waals surface area contributed by atoms with Crippen molar-refractivity contribution in [3.63, 3.8) is 0 Å². The monoisotopic (exact) mass is 458 g/mol. The van der Waals surface area contributed by atoms with Crippen LogP contribution in [-0.2, 0) is 14.6 Å². The van der Waals surface area contributed by atoms with Crippen LogP contribution in [0.3, 0.4) is 0 Å². The molecular formula is C16H31IN2O3S. The Kier molecular flexibility index (Phi) is 12.4. The summed E-state index contributed by atoms with van der Waals surface area (Å²) in [6, 6.07) is 0.0647. The number of hydrogen-bond donors (Lipinski definition) is 1. The Morgan fingerprint density at radius 2 is 1.96 bits per heavy atom. The summed E-state index contributed by atoms with van der Waals surface area (Å²) in [4.78, 5) is 2.65. The van der Waals surface area contributed by atoms with Gasteiger partial charge in [0.25, 0.3) is 0 Å². The van der Waals surface area contributed by atoms with E-state index >= 15 is 0 Å². The van der Waals surface area contributed by atoms with Gasteiger partial charge in [0, 0.05) is 13.2 Å². The summed E-state index contributed by atoms with van der Waals surface area (Å²) in [5, 5.41) is 0. The Morgan fingerprint density at radius 1 is 1.35 bits per heavy atom. The highest BCUT2D eigenvalue weighted by Gasteiger charge is 2.14. The molecule has 0 saturated heterocycles. The number of allylic oxidation sites excluding steroid dienone is 2. The second-order valence-electron chi connectivity index (χ2n) is 5.84. The van der Waals surface area contributed by atoms with Gasteiger partial charge >= 0.3 is 0 Å². The fourth-order valence-corrected chi connectivity index (χ4v) is 3.75. The minimum Gasteiger partial charge on any atom is -0.383 e. The Hall–Kier alpha value is 0.0400. The molecule has 0 spiro atoms. The molecule has 0 aliphatic rings. The van der Waals surface area contributed by atoms with Crippen LogP contribution in [0.5, 0.6) is 0 Å². The largest absolute Gasteiger partial charge is 0.383 e. The summed E-state index contributed by atoms with van der Waals surface area (Å²) < 4.78 is 30.9. The zero-order chi connectivity index (χ0) is 17.9. The summed E-state index contributed by atoms with van der Waals surface area (Å²) in [5.74, 6) is 0.332. The predicted molar refractivity (Wildman–Crippen MR) is 106 cm³/mol. The van der Waals surface area contributed by atoms with Crippen molar-refractivity contribution in [2.24, 2.45) is 11.7 Å². The van der Waals surface area contributed by atoms with E-state index in [1.165, 1.54) is 0 Å². The van der Waals surface area contributed by atoms with Gasteiger partial charge in [-0.05, 0) is 49.1 Å². The molecule has 0 aliphatic heterocycles. The third kappa shape index (κ3) is 10.5. The number of hydrogen-bond acceptors (Lipinski definition) is 5. The normalized spacial score (nSPS) is 16.2. The van der Waals surface area contributed by atoms with Crippen LogP contribution in [0.4, 0.5) is 0 Å². The molecule has 0 aromatic carbocycles. The van der Waals surface area contributed by atoms with E-state index < -0.39 is 9.84 Å². The van der Waals surface area contributed by atoms with Gasteiger partial charge in [0.05, 0.1) is 17.3 Å². The van der Waals surface area contributed by atoms with Crippen LogP contribution >= 0.6 is 22.6 Å². The van der Waals surface area contributed by atoms with Gasteiger partial charge in [-0.3, -0.25) is 0 Å². The molecule has 0 radical (unpaired) electrons. The summed E-state index contributed by atoms with van der Waals surface area (Å²) in [6.45, 7) is 6.12. The first-order chi connectivity index (χ1) is 10.8. The molecule has 5 nitrogen and oxygen atoms in total. The van der Waals surface area contributed by atoms with E-state index in [2.05, 4.69) is 18.9 Å². The lowest BCUT2D eigenvalue weighted by molar-refractivity contribution is 0.170. The summed E-state index contributed by atoms with van der Waals surface area (Å²) in [5.41, 5.74) is 5.91. The van der Waals surface area contributed by atoms with Gasteiger partial charge in [-0.1, -0.05) is 42.5 Å². The molecule has 0 rings (SSSR count). The van der Waals surface area contributed by atoms with Crippen molar-refractivity contribution < 1.29 is 13.2 Å². The Bertz CT molecular complexity index is 478. The molecule has 0 heterocycles. The van der Waals surface area contributed by atoms with Gasteiger partial charge < -0.3 is 15.4 Å². The number of methoxy groups -OCH3 is 1. The second kappa shape index (κ2) is 12.4. The predicted octanol–water partition coefficient (Wildman–Crippen LogP) is 2.58. The smallest absolute Gasteiger partial charge is 0.177 e. The summed E-state index contributed by atoms with van der Waals surface area (Å²) >= 11 is 2.05. The average Bonchev–Trinajstić information content (AvgIpc) is 2.50. The van der Waals surface area contributed by atoms with E-state index in [-0.39, 0.29) is 17.7 Å². The molecule has 0 aliphatic carbocycles. The van der Waals surface area contributed by atoms with Gasteiger partial charge in [0.15, 0.2) is 9.84 Å². The van der Waals surface area contributed by atoms with Crippen LogP contribution in [0.25, 0.3) is 0 Å². The molecule has 7 heteroatoms. The Labute approximate surface area is 155 Å². The van der Waals surface area contributed by atoms with Crippen LogP contribution in [0, 0.1) is 5.92 Å². The van der Waals surface area contributed by atoms with Gasteiger partial charge in [-0.25, -0.2) is 8.42 Å². The molecule has 1 unspecified atom stereocenters. The van der Waals surface area contributed by atoms with Gasteiger partial charge in [-0.2, -0.15) is 0 Å². The van der Waals surface area contributed by atoms with E-state index in [9.17, 15) is 8.42 Å². The van der Waals surface area contributed by atoms with Crippen molar-refractivity contribution >= 4 is 32.4 Å². The standard InChI is InChI=1S/C16H31IN2O3S/c1-5-23(20,21)16(6-9-17)12-14(2)7-10-19(3)11-8-15(18)13-22-4/h6,9,12,14-15H,5,7-8,10-11,13,18H2,1-4H3/b9-6-,16-12+/t14?,15-/m0/s1. The van der Waals surface area contributed by atoms with Crippen molar-refractivity contribution in [1.29, 1.82) is 0 Å². The first-order valence-electron chi connectivity index (χ1n) is 7.91. The lowest BCUT2D eigenvalue weighted by atomic mass is 10.1. The topological polar surface area (TPSA) is 72.6 Å². The fourth-order valence-electron chi connectivity index (χ4n) is 2.07. The Balaban J connectivity index is 4.46. The Morgan fingerprint density at radius 3 is 2.48 bits per heavy atom. The molecule has 2 N–H and O–H groups in total. The second-order valence-corrected chi connectivity index (χ2v) is 8.84. The van der Waals surface area contributed by atoms with Crippen LogP contribution < -0.4 is 5.73 Å². The van der Waals surface area contributed by atoms with Crippen molar-refractivity contribution in [2.45, 2.75) is 32.7 Å². The third-order valence-electron chi connectivity index (χ3n) is 3.64. The molecule has 23 heavy (non-hydrogen) atoms. The molecule has 0 aromatic rings. The van der Waals surface area contributed by atoms with Crippen LogP contribution in [0.15, 0.2) is 21.1 Å². The van der Waals surface area contributed by atoms with Crippen molar-refractivity contribution in [1.82, 2.24) is 4.90 Å². The van der Waals surface area contributed by atoms with Crippen molar-refractivity contribution in [3.05, 3.63) is 21.1 Å². The number of rotatable bonds is 12. The molecule has 0 aromatic heterocycles. The van der Waals surface area contributed by atoms with Gasteiger partial charge in [0.2, 0.25) is 0 Å². The molecule has 136 valence electrons. The van der Waals surface area contributed by atoms with Crippen molar-refractivity contribution in [2.75, 3.05) is 39.6 Å². The number of ether oxygens (including phenoxy) is 1. The summed E-state index contributed by atoms with van der Waals surface area (Å²) in [7, 11) is 0.558. The van der Waals surface area contributed by atoms with Crippen LogP contribution in [0.1, 0.15) is 26.7 Å². The van der Waals surface area contributed by atoms with E-state index in [4.69, 9.17) is 10.5 Å². The fraction of sp³-hybridized carbons (Fsp3) is 0.750. The number of halogens is 1. The minimum absolute atomic E-state index is 0.0647. The first kappa shape index (κ1) is 23.0. The maximum atomic E-state index is 12.0. The zero-order valence-corrected chi connectivity index (χ0v) is 17.6. The highest BCUT2D eigenvalue weighted by Crippen LogP contribution is 2.16. The average molecular weight is 458 g/mol. The summed E-state index contributed by atoms with van der Waals surface area (Å²) in [6.07, 6.45) is 5.33. The van der Waals surface area contributed by atoms with E-state index in [1.807, 2.05) is 28.7 Å². The van der Waals surface area contributed by atoms with E-state index in [0.717, 1.165) is 25.9 Å². The van der Waals surface area contributed by atoms with Crippen LogP contribution in [0.2, 0.25) is 0 Å². The molecule has 0 saturated carbocycles. The number of nitrogens with two attached hydrogens (primary N) is 1. The SMILES string of the molecule is CCS(=O)(=O)C(/C=C\I)=C/C(C)CCN(C)CC[C@H](N)COC. The number of nitrogens with zero attached hydrogens (tertiary/aromatic N) is 1. The molecule has 0 amide bonds. The maximum Gasteiger partial charge on any atom is 0.177 e. The number of sulfone groups is 1. The maximum absolute atomic E-state index is 12.0. The molecule has 0 fully saturated rings. The van der Waals surface area contributed by atoms with E-state index in [0.29, 0.717) is 11.5 Å².